The molecule has 2 aliphatic rings. The van der Waals surface area contributed by atoms with Crippen LogP contribution in [-0.4, -0.2) is 55.6 Å². The van der Waals surface area contributed by atoms with Crippen molar-refractivity contribution in [1.82, 2.24) is 9.80 Å². The van der Waals surface area contributed by atoms with Crippen LogP contribution in [0.15, 0.2) is 24.3 Å². The smallest absolute Gasteiger partial charge is 0.222 e. The van der Waals surface area contributed by atoms with Crippen LogP contribution in [0, 0.1) is 12.3 Å². The highest BCUT2D eigenvalue weighted by atomic mass is 16.5. The summed E-state index contributed by atoms with van der Waals surface area (Å²) < 4.78 is 5.15. The number of hydrogen-bond donors (Lipinski definition) is 0. The van der Waals surface area contributed by atoms with Gasteiger partial charge in [-0.05, 0) is 50.3 Å². The van der Waals surface area contributed by atoms with Crippen molar-refractivity contribution < 1.29 is 9.53 Å². The lowest BCUT2D eigenvalue weighted by Crippen LogP contribution is -2.54. The Morgan fingerprint density at radius 2 is 2.04 bits per heavy atom. The van der Waals surface area contributed by atoms with E-state index in [0.29, 0.717) is 17.7 Å². The lowest BCUT2D eigenvalue weighted by atomic mass is 9.73. The van der Waals surface area contributed by atoms with Gasteiger partial charge in [0.15, 0.2) is 0 Å². The monoisotopic (exact) mass is 344 g/mol. The maximum atomic E-state index is 12.3. The summed E-state index contributed by atoms with van der Waals surface area (Å²) in [6.45, 7) is 8.03. The summed E-state index contributed by atoms with van der Waals surface area (Å²) in [5.74, 6) is 0.331. The second kappa shape index (κ2) is 8.33. The number of rotatable bonds is 6. The summed E-state index contributed by atoms with van der Waals surface area (Å²) in [7, 11) is 1.73. The summed E-state index contributed by atoms with van der Waals surface area (Å²) in [6.07, 6.45) is 5.20. The van der Waals surface area contributed by atoms with Gasteiger partial charge in [0, 0.05) is 51.7 Å². The number of piperidine rings is 2. The molecule has 0 aromatic heterocycles. The number of carbonyl (C=O) groups excluding carboxylic acids is 1. The molecule has 0 aliphatic carbocycles. The minimum atomic E-state index is 0.294. The highest BCUT2D eigenvalue weighted by molar-refractivity contribution is 5.77. The van der Waals surface area contributed by atoms with Crippen LogP contribution in [0.2, 0.25) is 0 Å². The van der Waals surface area contributed by atoms with Gasteiger partial charge in [0.25, 0.3) is 0 Å². The number of hydrogen-bond acceptors (Lipinski definition) is 3. The van der Waals surface area contributed by atoms with Gasteiger partial charge >= 0.3 is 0 Å². The van der Waals surface area contributed by atoms with Crippen molar-refractivity contribution in [3.63, 3.8) is 0 Å². The third-order valence-electron chi connectivity index (χ3n) is 5.92. The Hall–Kier alpha value is -1.39. The third-order valence-corrected chi connectivity index (χ3v) is 5.92. The Bertz CT molecular complexity index is 589. The van der Waals surface area contributed by atoms with E-state index in [4.69, 9.17) is 4.74 Å². The van der Waals surface area contributed by atoms with Gasteiger partial charge < -0.3 is 9.64 Å². The molecule has 4 heteroatoms. The molecule has 0 unspecified atom stereocenters. The van der Waals surface area contributed by atoms with Gasteiger partial charge in [0.05, 0.1) is 0 Å². The lowest BCUT2D eigenvalue weighted by molar-refractivity contribution is -0.139. The van der Waals surface area contributed by atoms with Gasteiger partial charge in [0.1, 0.15) is 0 Å². The average Bonchev–Trinajstić information content (AvgIpc) is 2.61. The van der Waals surface area contributed by atoms with E-state index in [1.165, 1.54) is 30.5 Å². The molecule has 0 bridgehead atoms. The van der Waals surface area contributed by atoms with E-state index in [9.17, 15) is 4.79 Å². The first kappa shape index (κ1) is 18.4. The second-order valence-corrected chi connectivity index (χ2v) is 7.90. The molecule has 3 rings (SSSR count). The van der Waals surface area contributed by atoms with Crippen molar-refractivity contribution in [2.24, 2.45) is 5.41 Å². The van der Waals surface area contributed by atoms with E-state index in [-0.39, 0.29) is 0 Å². The van der Waals surface area contributed by atoms with Crippen LogP contribution in [0.5, 0.6) is 0 Å². The Kier molecular flexibility index (Phi) is 6.13. The summed E-state index contributed by atoms with van der Waals surface area (Å²) in [6, 6.07) is 8.70. The van der Waals surface area contributed by atoms with Crippen LogP contribution >= 0.6 is 0 Å². The largest absolute Gasteiger partial charge is 0.385 e. The third kappa shape index (κ3) is 4.62. The number of ether oxygens (including phenoxy) is 1. The van der Waals surface area contributed by atoms with Gasteiger partial charge in [-0.25, -0.2) is 0 Å². The van der Waals surface area contributed by atoms with Crippen molar-refractivity contribution in [3.8, 4) is 0 Å². The SMILES string of the molecule is COCCCN1C[C@@]2(CCCN(Cc3ccccc3C)C2)CCC1=O. The van der Waals surface area contributed by atoms with Gasteiger partial charge in [-0.1, -0.05) is 24.3 Å². The molecule has 2 heterocycles. The van der Waals surface area contributed by atoms with Crippen molar-refractivity contribution >= 4 is 5.91 Å². The van der Waals surface area contributed by atoms with Gasteiger partial charge in [0.2, 0.25) is 5.91 Å². The molecule has 0 radical (unpaired) electrons. The molecule has 1 spiro atoms. The molecular formula is C21H32N2O2. The normalized spacial score (nSPS) is 24.9. The standard InChI is InChI=1S/C21H32N2O2/c1-18-7-3-4-8-19(18)15-22-12-5-10-21(16-22)11-9-20(24)23(17-21)13-6-14-25-2/h3-4,7-8H,5-6,9-17H2,1-2H3/t21-/m0/s1. The van der Waals surface area contributed by atoms with Crippen LogP contribution < -0.4 is 0 Å². The Labute approximate surface area is 152 Å². The molecule has 2 saturated heterocycles. The van der Waals surface area contributed by atoms with Crippen molar-refractivity contribution in [2.75, 3.05) is 39.9 Å². The zero-order chi connectivity index (χ0) is 17.7. The lowest BCUT2D eigenvalue weighted by Gasteiger charge is -2.48. The first-order valence-corrected chi connectivity index (χ1v) is 9.65. The molecule has 1 atom stereocenters. The van der Waals surface area contributed by atoms with E-state index < -0.39 is 0 Å². The maximum absolute atomic E-state index is 12.3. The number of likely N-dealkylation sites (tertiary alicyclic amines) is 2. The van der Waals surface area contributed by atoms with Crippen LogP contribution in [0.4, 0.5) is 0 Å². The highest BCUT2D eigenvalue weighted by Gasteiger charge is 2.41. The quantitative estimate of drug-likeness (QED) is 0.743. The van der Waals surface area contributed by atoms with E-state index in [0.717, 1.165) is 45.6 Å². The Balaban J connectivity index is 1.63. The molecule has 2 fully saturated rings. The predicted octanol–water partition coefficient (Wildman–Crippen LogP) is 3.24. The zero-order valence-corrected chi connectivity index (χ0v) is 15.8. The molecule has 138 valence electrons. The number of nitrogens with zero attached hydrogens (tertiary/aromatic N) is 2. The number of carbonyl (C=O) groups is 1. The minimum Gasteiger partial charge on any atom is -0.385 e. The molecular weight excluding hydrogens is 312 g/mol. The average molecular weight is 344 g/mol. The van der Waals surface area contributed by atoms with Gasteiger partial charge in [-0.15, -0.1) is 0 Å². The van der Waals surface area contributed by atoms with Crippen molar-refractivity contribution in [2.45, 2.75) is 45.6 Å². The van der Waals surface area contributed by atoms with Crippen LogP contribution in [-0.2, 0) is 16.1 Å². The molecule has 2 aliphatic heterocycles. The fraction of sp³-hybridized carbons (Fsp3) is 0.667. The van der Waals surface area contributed by atoms with Crippen LogP contribution in [0.1, 0.15) is 43.2 Å². The molecule has 4 nitrogen and oxygen atoms in total. The highest BCUT2D eigenvalue weighted by Crippen LogP contribution is 2.39. The van der Waals surface area contributed by atoms with E-state index >= 15 is 0 Å². The molecule has 0 N–H and O–H groups in total. The van der Waals surface area contributed by atoms with Crippen LogP contribution in [0.3, 0.4) is 0 Å². The topological polar surface area (TPSA) is 32.8 Å². The molecule has 25 heavy (non-hydrogen) atoms. The first-order valence-electron chi connectivity index (χ1n) is 9.65. The van der Waals surface area contributed by atoms with Gasteiger partial charge in [-0.2, -0.15) is 0 Å². The van der Waals surface area contributed by atoms with E-state index in [1.807, 2.05) is 0 Å². The van der Waals surface area contributed by atoms with Gasteiger partial charge in [-0.3, -0.25) is 9.69 Å². The maximum Gasteiger partial charge on any atom is 0.222 e. The number of methoxy groups -OCH3 is 1. The van der Waals surface area contributed by atoms with Crippen LogP contribution in [0.25, 0.3) is 0 Å². The van der Waals surface area contributed by atoms with Crippen molar-refractivity contribution in [1.29, 1.82) is 0 Å². The summed E-state index contributed by atoms with van der Waals surface area (Å²) in [5, 5.41) is 0. The second-order valence-electron chi connectivity index (χ2n) is 7.90. The summed E-state index contributed by atoms with van der Waals surface area (Å²) in [5.41, 5.74) is 3.10. The number of amides is 1. The molecule has 1 aromatic carbocycles. The fourth-order valence-electron chi connectivity index (χ4n) is 4.51. The summed E-state index contributed by atoms with van der Waals surface area (Å²) in [4.78, 5) is 17.0. The predicted molar refractivity (Wildman–Crippen MR) is 100 cm³/mol. The number of benzene rings is 1. The number of aryl methyl sites for hydroxylation is 1. The Morgan fingerprint density at radius 1 is 1.20 bits per heavy atom. The van der Waals surface area contributed by atoms with E-state index in [1.54, 1.807) is 7.11 Å². The van der Waals surface area contributed by atoms with Crippen molar-refractivity contribution in [3.05, 3.63) is 35.4 Å². The summed E-state index contributed by atoms with van der Waals surface area (Å²) >= 11 is 0. The molecule has 1 amide bonds. The fourth-order valence-corrected chi connectivity index (χ4v) is 4.51. The Morgan fingerprint density at radius 3 is 2.84 bits per heavy atom. The molecule has 0 saturated carbocycles. The van der Waals surface area contributed by atoms with E-state index in [2.05, 4.69) is 41.0 Å². The zero-order valence-electron chi connectivity index (χ0n) is 15.8. The first-order chi connectivity index (χ1) is 12.1. The minimum absolute atomic E-state index is 0.294. The molecule has 1 aromatic rings.